The molecular formula is C12H9ClN2O4. The molecule has 0 atom stereocenters. The fourth-order valence-electron chi connectivity index (χ4n) is 1.38. The molecule has 0 radical (unpaired) electrons. The van der Waals surface area contributed by atoms with Gasteiger partial charge in [0.1, 0.15) is 6.26 Å². The summed E-state index contributed by atoms with van der Waals surface area (Å²) in [6.45, 7) is 0. The van der Waals surface area contributed by atoms with Crippen LogP contribution in [0.15, 0.2) is 35.1 Å². The number of nitrogens with zero attached hydrogens (tertiary/aromatic N) is 1. The molecule has 1 N–H and O–H groups in total. The van der Waals surface area contributed by atoms with Crippen LogP contribution in [0.5, 0.6) is 0 Å². The topological polar surface area (TPSA) is 81.4 Å². The van der Waals surface area contributed by atoms with Gasteiger partial charge in [-0.15, -0.1) is 0 Å². The fraction of sp³-hybridized carbons (Fsp3) is 0.0833. The molecule has 19 heavy (non-hydrogen) atoms. The Bertz CT molecular complexity index is 610. The number of anilines is 1. The number of aromatic nitrogens is 1. The van der Waals surface area contributed by atoms with Crippen LogP contribution < -0.4 is 5.32 Å². The predicted octanol–water partition coefficient (Wildman–Crippen LogP) is 2.37. The molecule has 2 aromatic rings. The van der Waals surface area contributed by atoms with E-state index in [4.69, 9.17) is 11.6 Å². The average molecular weight is 281 g/mol. The van der Waals surface area contributed by atoms with Gasteiger partial charge >= 0.3 is 5.97 Å². The molecule has 0 spiro atoms. The van der Waals surface area contributed by atoms with Crippen molar-refractivity contribution < 1.29 is 18.8 Å². The van der Waals surface area contributed by atoms with Crippen LogP contribution in [-0.4, -0.2) is 24.1 Å². The number of nitrogens with one attached hydrogen (secondary N) is 1. The number of hydrogen-bond acceptors (Lipinski definition) is 5. The van der Waals surface area contributed by atoms with E-state index >= 15 is 0 Å². The lowest BCUT2D eigenvalue weighted by Crippen LogP contribution is -2.13. The van der Waals surface area contributed by atoms with Crippen molar-refractivity contribution in [1.82, 2.24) is 5.16 Å². The number of benzene rings is 1. The van der Waals surface area contributed by atoms with E-state index in [1.807, 2.05) is 0 Å². The maximum atomic E-state index is 11.8. The Balaban J connectivity index is 2.24. The van der Waals surface area contributed by atoms with E-state index in [1.54, 1.807) is 0 Å². The van der Waals surface area contributed by atoms with Crippen LogP contribution in [0.4, 0.5) is 5.69 Å². The van der Waals surface area contributed by atoms with Crippen molar-refractivity contribution in [3.63, 3.8) is 0 Å². The van der Waals surface area contributed by atoms with E-state index in [1.165, 1.54) is 37.6 Å². The van der Waals surface area contributed by atoms with Crippen molar-refractivity contribution in [1.29, 1.82) is 0 Å². The van der Waals surface area contributed by atoms with Crippen molar-refractivity contribution in [2.24, 2.45) is 0 Å². The molecule has 7 heteroatoms. The number of carbonyl (C=O) groups excluding carboxylic acids is 2. The smallest absolute Gasteiger partial charge is 0.337 e. The normalized spacial score (nSPS) is 10.0. The number of hydrogen-bond donors (Lipinski definition) is 1. The Hall–Kier alpha value is -2.34. The number of esters is 1. The van der Waals surface area contributed by atoms with E-state index in [0.717, 1.165) is 0 Å². The zero-order valence-electron chi connectivity index (χ0n) is 9.84. The molecule has 2 rings (SSSR count). The van der Waals surface area contributed by atoms with Crippen molar-refractivity contribution in [3.8, 4) is 0 Å². The number of halogens is 1. The third kappa shape index (κ3) is 2.92. The molecule has 0 saturated carbocycles. The summed E-state index contributed by atoms with van der Waals surface area (Å²) in [5.41, 5.74) is 0.680. The number of rotatable bonds is 3. The zero-order valence-corrected chi connectivity index (χ0v) is 10.6. The minimum absolute atomic E-state index is 0.111. The van der Waals surface area contributed by atoms with Gasteiger partial charge in [0.05, 0.1) is 23.4 Å². The third-order valence-corrected chi connectivity index (χ3v) is 2.64. The molecule has 1 amide bonds. The Morgan fingerprint density at radius 2 is 2.16 bits per heavy atom. The first-order valence-electron chi connectivity index (χ1n) is 5.21. The highest BCUT2D eigenvalue weighted by atomic mass is 35.5. The molecule has 0 aliphatic heterocycles. The summed E-state index contributed by atoms with van der Waals surface area (Å²) in [7, 11) is 1.27. The van der Waals surface area contributed by atoms with Crippen LogP contribution in [-0.2, 0) is 4.74 Å². The lowest BCUT2D eigenvalue weighted by atomic mass is 10.2. The lowest BCUT2D eigenvalue weighted by molar-refractivity contribution is 0.0600. The second-order valence-electron chi connectivity index (χ2n) is 3.53. The lowest BCUT2D eigenvalue weighted by Gasteiger charge is -2.07. The second kappa shape index (κ2) is 5.53. The maximum absolute atomic E-state index is 11.8. The Kier molecular flexibility index (Phi) is 3.82. The van der Waals surface area contributed by atoms with Crippen LogP contribution in [0.1, 0.15) is 20.8 Å². The number of carbonyl (C=O) groups is 2. The highest BCUT2D eigenvalue weighted by Crippen LogP contribution is 2.24. The summed E-state index contributed by atoms with van der Waals surface area (Å²) >= 11 is 5.94. The molecule has 1 aromatic heterocycles. The van der Waals surface area contributed by atoms with Crippen LogP contribution >= 0.6 is 11.6 Å². The monoisotopic (exact) mass is 280 g/mol. The van der Waals surface area contributed by atoms with Gasteiger partial charge in [0, 0.05) is 6.07 Å². The fourth-order valence-corrected chi connectivity index (χ4v) is 1.55. The van der Waals surface area contributed by atoms with Gasteiger partial charge in [-0.1, -0.05) is 16.8 Å². The summed E-state index contributed by atoms with van der Waals surface area (Å²) in [5, 5.41) is 6.32. The van der Waals surface area contributed by atoms with Crippen LogP contribution in [0, 0.1) is 0 Å². The van der Waals surface area contributed by atoms with Gasteiger partial charge in [-0.3, -0.25) is 4.79 Å². The predicted molar refractivity (Wildman–Crippen MR) is 67.2 cm³/mol. The minimum atomic E-state index is -0.520. The molecule has 6 nitrogen and oxygen atoms in total. The minimum Gasteiger partial charge on any atom is -0.465 e. The third-order valence-electron chi connectivity index (χ3n) is 2.31. The van der Waals surface area contributed by atoms with Crippen LogP contribution in [0.2, 0.25) is 5.02 Å². The molecule has 0 aliphatic rings. The average Bonchev–Trinajstić information content (AvgIpc) is 2.94. The molecule has 0 aliphatic carbocycles. The number of ether oxygens (including phenoxy) is 1. The standard InChI is InChI=1S/C12H9ClN2O4/c1-18-12(17)7-2-3-8(13)10(6-7)14-11(16)9-4-5-19-15-9/h2-6H,1H3,(H,14,16). The van der Waals surface area contributed by atoms with Crippen molar-refractivity contribution >= 4 is 29.2 Å². The van der Waals surface area contributed by atoms with Crippen LogP contribution in [0.3, 0.4) is 0 Å². The van der Waals surface area contributed by atoms with Gasteiger partial charge < -0.3 is 14.6 Å². The maximum Gasteiger partial charge on any atom is 0.337 e. The second-order valence-corrected chi connectivity index (χ2v) is 3.93. The Morgan fingerprint density at radius 1 is 1.37 bits per heavy atom. The molecule has 1 heterocycles. The summed E-state index contributed by atoms with van der Waals surface area (Å²) < 4.78 is 9.15. The number of amides is 1. The molecule has 0 saturated heterocycles. The van der Waals surface area contributed by atoms with E-state index in [2.05, 4.69) is 19.7 Å². The van der Waals surface area contributed by atoms with Crippen molar-refractivity contribution in [3.05, 3.63) is 46.8 Å². The molecular weight excluding hydrogens is 272 g/mol. The van der Waals surface area contributed by atoms with Gasteiger partial charge in [-0.05, 0) is 18.2 Å². The van der Waals surface area contributed by atoms with E-state index in [9.17, 15) is 9.59 Å². The first kappa shape index (κ1) is 13.1. The largest absolute Gasteiger partial charge is 0.465 e. The van der Waals surface area contributed by atoms with Crippen molar-refractivity contribution in [2.75, 3.05) is 12.4 Å². The van der Waals surface area contributed by atoms with Gasteiger partial charge in [-0.25, -0.2) is 4.79 Å². The highest BCUT2D eigenvalue weighted by molar-refractivity contribution is 6.34. The van der Waals surface area contributed by atoms with Gasteiger partial charge in [0.2, 0.25) is 0 Å². The SMILES string of the molecule is COC(=O)c1ccc(Cl)c(NC(=O)c2ccon2)c1. The van der Waals surface area contributed by atoms with Crippen molar-refractivity contribution in [2.45, 2.75) is 0 Å². The Labute approximate surface area is 113 Å². The van der Waals surface area contributed by atoms with Gasteiger partial charge in [0.15, 0.2) is 5.69 Å². The molecule has 98 valence electrons. The summed E-state index contributed by atoms with van der Waals surface area (Å²) in [4.78, 5) is 23.2. The van der Waals surface area contributed by atoms with E-state index in [0.29, 0.717) is 5.02 Å². The molecule has 1 aromatic carbocycles. The Morgan fingerprint density at radius 3 is 2.79 bits per heavy atom. The van der Waals surface area contributed by atoms with Gasteiger partial charge in [0.25, 0.3) is 5.91 Å². The zero-order chi connectivity index (χ0) is 13.8. The first-order chi connectivity index (χ1) is 9.11. The van der Waals surface area contributed by atoms with E-state index < -0.39 is 11.9 Å². The number of methoxy groups -OCH3 is 1. The highest BCUT2D eigenvalue weighted by Gasteiger charge is 2.13. The van der Waals surface area contributed by atoms with Crippen LogP contribution in [0.25, 0.3) is 0 Å². The summed E-state index contributed by atoms with van der Waals surface area (Å²) in [6.07, 6.45) is 1.28. The quantitative estimate of drug-likeness (QED) is 0.873. The molecule has 0 bridgehead atoms. The molecule has 0 unspecified atom stereocenters. The first-order valence-corrected chi connectivity index (χ1v) is 5.59. The summed E-state index contributed by atoms with van der Waals surface area (Å²) in [6, 6.07) is 5.83. The van der Waals surface area contributed by atoms with Gasteiger partial charge in [-0.2, -0.15) is 0 Å². The summed E-state index contributed by atoms with van der Waals surface area (Å²) in [5.74, 6) is -1.01. The van der Waals surface area contributed by atoms with E-state index in [-0.39, 0.29) is 16.9 Å². The molecule has 0 fully saturated rings.